The van der Waals surface area contributed by atoms with Crippen LogP contribution in [0.2, 0.25) is 0 Å². The normalized spacial score (nSPS) is 13.5. The molecule has 19 heavy (non-hydrogen) atoms. The molecule has 1 N–H and O–H groups in total. The lowest BCUT2D eigenvalue weighted by atomic mass is 10.00. The van der Waals surface area contributed by atoms with Gasteiger partial charge in [0.2, 0.25) is 0 Å². The van der Waals surface area contributed by atoms with Gasteiger partial charge >= 0.3 is 11.2 Å². The number of aromatic nitrogens is 1. The number of hydrogen-bond donors (Lipinski definition) is 1. The van der Waals surface area contributed by atoms with Crippen LogP contribution in [0.15, 0.2) is 23.0 Å². The molecule has 1 aromatic carbocycles. The SMILES string of the molecule is CNc1c([N+](=O)[O-])c(=O)n2c3c(cccc13)CCC2. The van der Waals surface area contributed by atoms with E-state index in [-0.39, 0.29) is 5.69 Å². The van der Waals surface area contributed by atoms with E-state index >= 15 is 0 Å². The second-order valence-electron chi connectivity index (χ2n) is 4.60. The van der Waals surface area contributed by atoms with Crippen LogP contribution < -0.4 is 10.9 Å². The molecule has 1 aromatic heterocycles. The van der Waals surface area contributed by atoms with Crippen molar-refractivity contribution in [3.05, 3.63) is 44.2 Å². The summed E-state index contributed by atoms with van der Waals surface area (Å²) >= 11 is 0. The summed E-state index contributed by atoms with van der Waals surface area (Å²) < 4.78 is 1.53. The molecule has 0 saturated heterocycles. The summed E-state index contributed by atoms with van der Waals surface area (Å²) in [5, 5.41) is 14.7. The topological polar surface area (TPSA) is 77.2 Å². The van der Waals surface area contributed by atoms with Gasteiger partial charge in [-0.15, -0.1) is 0 Å². The fraction of sp³-hybridized carbons (Fsp3) is 0.308. The molecule has 6 nitrogen and oxygen atoms in total. The first-order chi connectivity index (χ1) is 9.15. The van der Waals surface area contributed by atoms with Crippen LogP contribution in [0.1, 0.15) is 12.0 Å². The van der Waals surface area contributed by atoms with Crippen molar-refractivity contribution in [2.45, 2.75) is 19.4 Å². The fourth-order valence-corrected chi connectivity index (χ4v) is 2.84. The molecule has 0 unspecified atom stereocenters. The van der Waals surface area contributed by atoms with Crippen LogP contribution in [-0.4, -0.2) is 16.5 Å². The van der Waals surface area contributed by atoms with Gasteiger partial charge in [0, 0.05) is 19.0 Å². The molecule has 2 aromatic rings. The first-order valence-electron chi connectivity index (χ1n) is 6.15. The summed E-state index contributed by atoms with van der Waals surface area (Å²) in [5.74, 6) is 0. The monoisotopic (exact) mass is 259 g/mol. The number of aryl methyl sites for hydroxylation is 2. The van der Waals surface area contributed by atoms with Crippen molar-refractivity contribution in [3.8, 4) is 0 Å². The van der Waals surface area contributed by atoms with Crippen molar-refractivity contribution >= 4 is 22.3 Å². The number of pyridine rings is 1. The molecule has 0 atom stereocenters. The number of hydrogen-bond acceptors (Lipinski definition) is 4. The molecular weight excluding hydrogens is 246 g/mol. The Morgan fingerprint density at radius 3 is 2.89 bits per heavy atom. The molecule has 3 rings (SSSR count). The predicted octanol–water partition coefficient (Wildman–Crippen LogP) is 1.90. The van der Waals surface area contributed by atoms with Gasteiger partial charge in [0.15, 0.2) is 0 Å². The summed E-state index contributed by atoms with van der Waals surface area (Å²) in [4.78, 5) is 22.9. The Bertz CT molecular complexity index is 749. The highest BCUT2D eigenvalue weighted by Crippen LogP contribution is 2.33. The van der Waals surface area contributed by atoms with Crippen LogP contribution in [0.4, 0.5) is 11.4 Å². The molecule has 0 fully saturated rings. The first-order valence-corrected chi connectivity index (χ1v) is 6.15. The molecule has 0 amide bonds. The molecule has 6 heteroatoms. The predicted molar refractivity (Wildman–Crippen MR) is 72.7 cm³/mol. The standard InChI is InChI=1S/C13H13N3O3/c1-14-10-9-6-2-4-8-5-3-7-15(11(8)9)13(17)12(10)16(18)19/h2,4,6,14H,3,5,7H2,1H3. The Morgan fingerprint density at radius 2 is 2.21 bits per heavy atom. The molecule has 0 bridgehead atoms. The number of para-hydroxylation sites is 1. The third-order valence-corrected chi connectivity index (χ3v) is 3.60. The number of rotatable bonds is 2. The number of nitrogens with zero attached hydrogens (tertiary/aromatic N) is 2. The van der Waals surface area contributed by atoms with E-state index < -0.39 is 10.5 Å². The van der Waals surface area contributed by atoms with Crippen molar-refractivity contribution in [2.75, 3.05) is 12.4 Å². The van der Waals surface area contributed by atoms with Crippen LogP contribution >= 0.6 is 0 Å². The lowest BCUT2D eigenvalue weighted by Gasteiger charge is -2.20. The molecule has 98 valence electrons. The smallest absolute Gasteiger partial charge is 0.357 e. The zero-order valence-corrected chi connectivity index (χ0v) is 10.5. The van der Waals surface area contributed by atoms with Gasteiger partial charge in [-0.1, -0.05) is 18.2 Å². The zero-order chi connectivity index (χ0) is 13.6. The lowest BCUT2D eigenvalue weighted by molar-refractivity contribution is -0.385. The van der Waals surface area contributed by atoms with Gasteiger partial charge in [0.05, 0.1) is 10.4 Å². The fourth-order valence-electron chi connectivity index (χ4n) is 2.84. The van der Waals surface area contributed by atoms with Crippen molar-refractivity contribution < 1.29 is 4.92 Å². The zero-order valence-electron chi connectivity index (χ0n) is 10.5. The molecule has 0 saturated carbocycles. The minimum absolute atomic E-state index is 0.310. The van der Waals surface area contributed by atoms with E-state index in [0.717, 1.165) is 29.3 Å². The van der Waals surface area contributed by atoms with Gasteiger partial charge in [-0.25, -0.2) is 0 Å². The van der Waals surface area contributed by atoms with Crippen LogP contribution in [0.3, 0.4) is 0 Å². The van der Waals surface area contributed by atoms with Crippen LogP contribution in [0.5, 0.6) is 0 Å². The van der Waals surface area contributed by atoms with E-state index in [4.69, 9.17) is 0 Å². The van der Waals surface area contributed by atoms with Gasteiger partial charge in [-0.2, -0.15) is 0 Å². The third-order valence-electron chi connectivity index (χ3n) is 3.60. The third kappa shape index (κ3) is 1.53. The molecule has 0 radical (unpaired) electrons. The Balaban J connectivity index is 2.57. The van der Waals surface area contributed by atoms with Crippen LogP contribution in [-0.2, 0) is 13.0 Å². The Labute approximate surface area is 108 Å². The Kier molecular flexibility index (Phi) is 2.51. The molecule has 1 aliphatic heterocycles. The van der Waals surface area contributed by atoms with Crippen molar-refractivity contribution in [2.24, 2.45) is 0 Å². The highest BCUT2D eigenvalue weighted by molar-refractivity contribution is 5.97. The average molecular weight is 259 g/mol. The minimum Gasteiger partial charge on any atom is -0.382 e. The maximum absolute atomic E-state index is 12.3. The summed E-state index contributed by atoms with van der Waals surface area (Å²) in [6.45, 7) is 0.539. The summed E-state index contributed by atoms with van der Waals surface area (Å²) in [6, 6.07) is 5.67. The molecular formula is C13H13N3O3. The van der Waals surface area contributed by atoms with E-state index in [1.165, 1.54) is 4.57 Å². The maximum atomic E-state index is 12.3. The molecule has 1 aliphatic rings. The number of nitrogens with one attached hydrogen (secondary N) is 1. The average Bonchev–Trinajstić information content (AvgIpc) is 2.41. The van der Waals surface area contributed by atoms with E-state index in [9.17, 15) is 14.9 Å². The van der Waals surface area contributed by atoms with E-state index in [1.54, 1.807) is 7.05 Å². The van der Waals surface area contributed by atoms with Gasteiger partial charge < -0.3 is 9.88 Å². The lowest BCUT2D eigenvalue weighted by Crippen LogP contribution is -2.27. The Hall–Kier alpha value is -2.37. The van der Waals surface area contributed by atoms with Gasteiger partial charge in [-0.3, -0.25) is 14.9 Å². The van der Waals surface area contributed by atoms with E-state index in [2.05, 4.69) is 5.32 Å². The highest BCUT2D eigenvalue weighted by atomic mass is 16.6. The maximum Gasteiger partial charge on any atom is 0.357 e. The summed E-state index contributed by atoms with van der Waals surface area (Å²) in [7, 11) is 1.60. The minimum atomic E-state index is -0.599. The van der Waals surface area contributed by atoms with Crippen molar-refractivity contribution in [1.82, 2.24) is 4.57 Å². The van der Waals surface area contributed by atoms with Crippen LogP contribution in [0, 0.1) is 10.1 Å². The van der Waals surface area contributed by atoms with Crippen LogP contribution in [0.25, 0.3) is 10.9 Å². The molecule has 0 spiro atoms. The largest absolute Gasteiger partial charge is 0.382 e. The van der Waals surface area contributed by atoms with E-state index in [1.807, 2.05) is 18.2 Å². The molecule has 2 heterocycles. The Morgan fingerprint density at radius 1 is 1.42 bits per heavy atom. The van der Waals surface area contributed by atoms with Gasteiger partial charge in [0.25, 0.3) is 0 Å². The summed E-state index contributed by atoms with van der Waals surface area (Å²) in [5.41, 5.74) is 1.33. The number of benzene rings is 1. The summed E-state index contributed by atoms with van der Waals surface area (Å²) in [6.07, 6.45) is 1.74. The second kappa shape index (κ2) is 4.08. The first kappa shape index (κ1) is 11.7. The van der Waals surface area contributed by atoms with Crippen molar-refractivity contribution in [1.29, 1.82) is 0 Å². The van der Waals surface area contributed by atoms with E-state index in [0.29, 0.717) is 12.2 Å². The van der Waals surface area contributed by atoms with Gasteiger partial charge in [0.1, 0.15) is 5.69 Å². The quantitative estimate of drug-likeness (QED) is 0.660. The molecule has 0 aliphatic carbocycles. The van der Waals surface area contributed by atoms with Gasteiger partial charge in [-0.05, 0) is 18.4 Å². The highest BCUT2D eigenvalue weighted by Gasteiger charge is 2.27. The van der Waals surface area contributed by atoms with Crippen molar-refractivity contribution in [3.63, 3.8) is 0 Å². The number of anilines is 1. The second-order valence-corrected chi connectivity index (χ2v) is 4.60. The number of nitro groups is 1.